The normalized spacial score (nSPS) is 20.2. The van der Waals surface area contributed by atoms with Gasteiger partial charge in [0.05, 0.1) is 18.3 Å². The van der Waals surface area contributed by atoms with E-state index in [1.807, 2.05) is 54.3 Å². The van der Waals surface area contributed by atoms with E-state index in [0.717, 1.165) is 46.7 Å². The van der Waals surface area contributed by atoms with Crippen molar-refractivity contribution in [3.63, 3.8) is 0 Å². The van der Waals surface area contributed by atoms with Gasteiger partial charge in [-0.25, -0.2) is 0 Å². The minimum atomic E-state index is -0.387. The summed E-state index contributed by atoms with van der Waals surface area (Å²) in [5.74, 6) is 0.357. The van der Waals surface area contributed by atoms with Gasteiger partial charge in [-0.1, -0.05) is 43.3 Å². The second-order valence-corrected chi connectivity index (χ2v) is 9.05. The zero-order chi connectivity index (χ0) is 22.3. The van der Waals surface area contributed by atoms with Gasteiger partial charge in [-0.15, -0.1) is 0 Å². The van der Waals surface area contributed by atoms with Gasteiger partial charge in [0, 0.05) is 25.1 Å². The molecule has 5 nitrogen and oxygen atoms in total. The van der Waals surface area contributed by atoms with Crippen molar-refractivity contribution in [1.29, 1.82) is 0 Å². The Kier molecular flexibility index (Phi) is 5.39. The van der Waals surface area contributed by atoms with E-state index in [1.54, 1.807) is 6.07 Å². The highest BCUT2D eigenvalue weighted by atomic mass is 16.5. The molecule has 2 fully saturated rings. The molecule has 5 rings (SSSR count). The molecular formula is C27H29NO4. The van der Waals surface area contributed by atoms with Crippen LogP contribution < -0.4 is 0 Å². The van der Waals surface area contributed by atoms with Crippen molar-refractivity contribution in [3.8, 4) is 16.9 Å². The number of amides is 1. The highest BCUT2D eigenvalue weighted by Crippen LogP contribution is 2.37. The first-order valence-electron chi connectivity index (χ1n) is 11.4. The minimum Gasteiger partial charge on any atom is -0.508 e. The van der Waals surface area contributed by atoms with Gasteiger partial charge in [-0.05, 0) is 64.9 Å². The minimum absolute atomic E-state index is 0.0427. The lowest BCUT2D eigenvalue weighted by molar-refractivity contribution is -0.0397. The van der Waals surface area contributed by atoms with Gasteiger partial charge in [0.1, 0.15) is 5.75 Å². The van der Waals surface area contributed by atoms with Gasteiger partial charge >= 0.3 is 0 Å². The molecule has 0 saturated carbocycles. The Balaban J connectivity index is 1.46. The van der Waals surface area contributed by atoms with E-state index in [9.17, 15) is 15.0 Å². The molecule has 166 valence electrons. The van der Waals surface area contributed by atoms with Crippen molar-refractivity contribution in [1.82, 2.24) is 4.90 Å². The molecule has 0 radical (unpaired) electrons. The smallest absolute Gasteiger partial charge is 0.254 e. The number of aryl methyl sites for hydroxylation is 1. The summed E-state index contributed by atoms with van der Waals surface area (Å²) in [7, 11) is 0. The SMILES string of the molecule is CCc1cc(-c2ccc(C(=O)N3CCC4(CC3)CC(O)CO4)c3ccccc23)ccc1O. The fourth-order valence-corrected chi connectivity index (χ4v) is 5.23. The number of phenols is 1. The summed E-state index contributed by atoms with van der Waals surface area (Å²) in [6.45, 7) is 3.70. The number of benzene rings is 3. The van der Waals surface area contributed by atoms with Crippen LogP contribution in [0.2, 0.25) is 0 Å². The van der Waals surface area contributed by atoms with Crippen molar-refractivity contribution in [2.45, 2.75) is 44.3 Å². The van der Waals surface area contributed by atoms with Crippen LogP contribution in [0.4, 0.5) is 0 Å². The number of piperidine rings is 1. The second kappa shape index (κ2) is 8.23. The number of aliphatic hydroxyl groups is 1. The number of carbonyl (C=O) groups is 1. The zero-order valence-electron chi connectivity index (χ0n) is 18.4. The molecule has 32 heavy (non-hydrogen) atoms. The van der Waals surface area contributed by atoms with Crippen LogP contribution in [0, 0.1) is 0 Å². The number of likely N-dealkylation sites (tertiary alicyclic amines) is 1. The van der Waals surface area contributed by atoms with Crippen LogP contribution in [0.3, 0.4) is 0 Å². The summed E-state index contributed by atoms with van der Waals surface area (Å²) in [6.07, 6.45) is 2.56. The van der Waals surface area contributed by atoms with Crippen molar-refractivity contribution >= 4 is 16.7 Å². The van der Waals surface area contributed by atoms with Gasteiger partial charge in [-0.2, -0.15) is 0 Å². The number of hydrogen-bond donors (Lipinski definition) is 2. The summed E-state index contributed by atoms with van der Waals surface area (Å²) in [5.41, 5.74) is 3.44. The molecule has 2 N–H and O–H groups in total. The van der Waals surface area contributed by atoms with Gasteiger partial charge in [0.25, 0.3) is 5.91 Å². The third-order valence-electron chi connectivity index (χ3n) is 7.08. The molecule has 1 amide bonds. The first-order valence-corrected chi connectivity index (χ1v) is 11.4. The predicted octanol–water partition coefficient (Wildman–Crippen LogP) is 4.53. The summed E-state index contributed by atoms with van der Waals surface area (Å²) in [6, 6.07) is 17.7. The Morgan fingerprint density at radius 3 is 2.53 bits per heavy atom. The van der Waals surface area contributed by atoms with Gasteiger partial charge < -0.3 is 19.8 Å². The maximum Gasteiger partial charge on any atom is 0.254 e. The molecule has 1 spiro atoms. The molecule has 2 saturated heterocycles. The fourth-order valence-electron chi connectivity index (χ4n) is 5.23. The van der Waals surface area contributed by atoms with Crippen LogP contribution in [-0.2, 0) is 11.2 Å². The van der Waals surface area contributed by atoms with Gasteiger partial charge in [-0.3, -0.25) is 4.79 Å². The van der Waals surface area contributed by atoms with E-state index in [-0.39, 0.29) is 17.6 Å². The summed E-state index contributed by atoms with van der Waals surface area (Å²) < 4.78 is 5.88. The number of aliphatic hydroxyl groups excluding tert-OH is 1. The summed E-state index contributed by atoms with van der Waals surface area (Å²) >= 11 is 0. The van der Waals surface area contributed by atoms with Gasteiger partial charge in [0.2, 0.25) is 0 Å². The number of rotatable bonds is 3. The average Bonchev–Trinajstić information content (AvgIpc) is 3.18. The van der Waals surface area contributed by atoms with Crippen LogP contribution in [0.25, 0.3) is 21.9 Å². The Bertz CT molecular complexity index is 1160. The summed E-state index contributed by atoms with van der Waals surface area (Å²) in [4.78, 5) is 15.4. The van der Waals surface area contributed by atoms with Crippen LogP contribution in [0.15, 0.2) is 54.6 Å². The van der Waals surface area contributed by atoms with Crippen molar-refractivity contribution < 1.29 is 19.7 Å². The number of fused-ring (bicyclic) bond motifs is 1. The van der Waals surface area contributed by atoms with E-state index < -0.39 is 0 Å². The lowest BCUT2D eigenvalue weighted by atomic mass is 9.87. The number of ether oxygens (including phenoxy) is 1. The third-order valence-corrected chi connectivity index (χ3v) is 7.08. The maximum atomic E-state index is 13.5. The molecule has 0 aromatic heterocycles. The highest BCUT2D eigenvalue weighted by Gasteiger charge is 2.43. The number of aromatic hydroxyl groups is 1. The Morgan fingerprint density at radius 2 is 1.84 bits per heavy atom. The van der Waals surface area contributed by atoms with E-state index >= 15 is 0 Å². The monoisotopic (exact) mass is 431 g/mol. The van der Waals surface area contributed by atoms with Crippen LogP contribution in [0.1, 0.15) is 42.1 Å². The standard InChI is InChI=1S/C27H29NO4/c1-2-18-15-19(7-10-25(18)30)21-8-9-24(23-6-4-3-5-22(21)23)26(31)28-13-11-27(12-14-28)16-20(29)17-32-27/h3-10,15,20,29-30H,2,11-14,16-17H2,1H3. The average molecular weight is 432 g/mol. The first-order chi connectivity index (χ1) is 15.5. The van der Waals surface area contributed by atoms with Crippen molar-refractivity contribution in [2.75, 3.05) is 19.7 Å². The quantitative estimate of drug-likeness (QED) is 0.639. The van der Waals surface area contributed by atoms with Crippen LogP contribution >= 0.6 is 0 Å². The lowest BCUT2D eigenvalue weighted by Crippen LogP contribution is -2.46. The molecule has 2 heterocycles. The molecule has 3 aromatic carbocycles. The highest BCUT2D eigenvalue weighted by molar-refractivity contribution is 6.11. The number of hydrogen-bond acceptors (Lipinski definition) is 4. The van der Waals surface area contributed by atoms with E-state index in [1.165, 1.54) is 0 Å². The van der Waals surface area contributed by atoms with E-state index in [2.05, 4.69) is 6.07 Å². The van der Waals surface area contributed by atoms with Crippen molar-refractivity contribution in [2.24, 2.45) is 0 Å². The van der Waals surface area contributed by atoms with Crippen LogP contribution in [-0.4, -0.2) is 52.4 Å². The molecule has 2 aliphatic heterocycles. The lowest BCUT2D eigenvalue weighted by Gasteiger charge is -2.38. The molecule has 3 aromatic rings. The Morgan fingerprint density at radius 1 is 1.09 bits per heavy atom. The molecule has 0 bridgehead atoms. The topological polar surface area (TPSA) is 70.0 Å². The molecule has 5 heteroatoms. The number of phenolic OH excluding ortho intramolecular Hbond substituents is 1. The predicted molar refractivity (Wildman–Crippen MR) is 125 cm³/mol. The maximum absolute atomic E-state index is 13.5. The van der Waals surface area contributed by atoms with Crippen molar-refractivity contribution in [3.05, 3.63) is 65.7 Å². The molecule has 1 atom stereocenters. The molecule has 2 aliphatic rings. The number of nitrogens with zero attached hydrogens (tertiary/aromatic N) is 1. The Labute approximate surface area is 188 Å². The third kappa shape index (κ3) is 3.65. The fraction of sp³-hybridized carbons (Fsp3) is 0.370. The second-order valence-electron chi connectivity index (χ2n) is 9.05. The zero-order valence-corrected chi connectivity index (χ0v) is 18.4. The summed E-state index contributed by atoms with van der Waals surface area (Å²) in [5, 5.41) is 21.9. The molecular weight excluding hydrogens is 402 g/mol. The van der Waals surface area contributed by atoms with Gasteiger partial charge in [0.15, 0.2) is 0 Å². The Hall–Kier alpha value is -2.89. The van der Waals surface area contributed by atoms with E-state index in [0.29, 0.717) is 37.4 Å². The van der Waals surface area contributed by atoms with Crippen LogP contribution in [0.5, 0.6) is 5.75 Å². The largest absolute Gasteiger partial charge is 0.508 e. The molecule has 0 aliphatic carbocycles. The van der Waals surface area contributed by atoms with E-state index in [4.69, 9.17) is 4.74 Å². The molecule has 1 unspecified atom stereocenters. The number of carbonyl (C=O) groups excluding carboxylic acids is 1. The first kappa shape index (κ1) is 21.0.